The molecule has 0 aromatic heterocycles. The zero-order valence-electron chi connectivity index (χ0n) is 17.2. The Labute approximate surface area is 224 Å². The molecular weight excluding hydrogens is 460 g/mol. The molecule has 0 spiro atoms. The number of hydrogen-bond donors (Lipinski definition) is 5. The van der Waals surface area contributed by atoms with E-state index in [2.05, 4.69) is 0 Å². The van der Waals surface area contributed by atoms with Crippen molar-refractivity contribution in [2.24, 2.45) is 0 Å². The fraction of sp³-hybridized carbons (Fsp3) is 0.100. The largest absolute Gasteiger partial charge is 1.00 e. The summed E-state index contributed by atoms with van der Waals surface area (Å²) in [5.41, 5.74) is 3.58. The second-order valence-electron chi connectivity index (χ2n) is 6.65. The van der Waals surface area contributed by atoms with Gasteiger partial charge in [0.05, 0.1) is 0 Å². The topological polar surface area (TPSA) is 135 Å². The van der Waals surface area contributed by atoms with Crippen molar-refractivity contribution < 1.29 is 92.9 Å². The van der Waals surface area contributed by atoms with Gasteiger partial charge >= 0.3 is 74.3 Å². The Morgan fingerprint density at radius 1 is 0.645 bits per heavy atom. The Hall–Kier alpha value is -0.0800. The molecule has 5 N–H and O–H groups in total. The molecular formula is C20H20Na2O7P2+2. The van der Waals surface area contributed by atoms with Crippen molar-refractivity contribution in [3.05, 3.63) is 84.4 Å². The third kappa shape index (κ3) is 6.50. The van der Waals surface area contributed by atoms with Crippen LogP contribution in [0.1, 0.15) is 5.56 Å². The Morgan fingerprint density at radius 3 is 1.61 bits per heavy atom. The fourth-order valence-corrected chi connectivity index (χ4v) is 5.24. The summed E-state index contributed by atoms with van der Waals surface area (Å²) in [7, 11) is -11.1. The van der Waals surface area contributed by atoms with Gasteiger partial charge in [0.2, 0.25) is 0 Å². The second-order valence-corrected chi connectivity index (χ2v) is 10.7. The van der Waals surface area contributed by atoms with E-state index in [0.29, 0.717) is 5.56 Å². The van der Waals surface area contributed by atoms with E-state index in [1.54, 1.807) is 18.2 Å². The molecule has 0 bridgehead atoms. The summed E-state index contributed by atoms with van der Waals surface area (Å²) >= 11 is 0. The molecule has 0 radical (unpaired) electrons. The van der Waals surface area contributed by atoms with Gasteiger partial charge in [0.25, 0.3) is 5.08 Å². The molecule has 7 nitrogen and oxygen atoms in total. The van der Waals surface area contributed by atoms with E-state index in [4.69, 9.17) is 0 Å². The molecule has 0 atom stereocenters. The Bertz CT molecular complexity index is 1090. The van der Waals surface area contributed by atoms with E-state index in [9.17, 15) is 33.8 Å². The second kappa shape index (κ2) is 11.4. The third-order valence-corrected chi connectivity index (χ3v) is 8.37. The molecule has 152 valence electrons. The van der Waals surface area contributed by atoms with Gasteiger partial charge in [0.1, 0.15) is 0 Å². The monoisotopic (exact) mass is 480 g/mol. The van der Waals surface area contributed by atoms with Gasteiger partial charge in [-0.2, -0.15) is 0 Å². The molecule has 0 saturated carbocycles. The summed E-state index contributed by atoms with van der Waals surface area (Å²) in [6.07, 6.45) is -0.900. The van der Waals surface area contributed by atoms with Crippen LogP contribution in [0, 0.1) is 0 Å². The van der Waals surface area contributed by atoms with E-state index in [-0.39, 0.29) is 64.7 Å². The first-order valence-electron chi connectivity index (χ1n) is 8.60. The van der Waals surface area contributed by atoms with Crippen molar-refractivity contribution in [1.82, 2.24) is 0 Å². The Balaban J connectivity index is 0.00000240. The van der Waals surface area contributed by atoms with Crippen LogP contribution in [0.5, 0.6) is 0 Å². The quantitative estimate of drug-likeness (QED) is 0.196. The molecule has 3 aromatic rings. The maximum Gasteiger partial charge on any atom is 1.00 e. The van der Waals surface area contributed by atoms with Crippen LogP contribution in [-0.4, -0.2) is 29.8 Å². The molecule has 0 heterocycles. The van der Waals surface area contributed by atoms with Gasteiger partial charge < -0.3 is 24.7 Å². The number of benzene rings is 3. The first-order valence-corrected chi connectivity index (χ1v) is 11.8. The van der Waals surface area contributed by atoms with Crippen LogP contribution in [-0.2, 0) is 15.6 Å². The van der Waals surface area contributed by atoms with E-state index in [1.807, 2.05) is 54.6 Å². The summed E-state index contributed by atoms with van der Waals surface area (Å²) < 4.78 is 23.3. The molecule has 31 heavy (non-hydrogen) atoms. The van der Waals surface area contributed by atoms with Crippen LogP contribution in [0.4, 0.5) is 0 Å². The first kappa shape index (κ1) is 29.0. The molecule has 0 fully saturated rings. The van der Waals surface area contributed by atoms with Crippen LogP contribution in [0.25, 0.3) is 22.3 Å². The van der Waals surface area contributed by atoms with Gasteiger partial charge in [-0.1, -0.05) is 78.9 Å². The molecule has 0 amide bonds. The van der Waals surface area contributed by atoms with Gasteiger partial charge in [0, 0.05) is 6.42 Å². The zero-order chi connectivity index (χ0) is 21.3. The van der Waals surface area contributed by atoms with Crippen LogP contribution >= 0.6 is 15.2 Å². The average molecular weight is 480 g/mol. The zero-order valence-corrected chi connectivity index (χ0v) is 22.9. The van der Waals surface area contributed by atoms with E-state index in [1.165, 1.54) is 6.07 Å². The van der Waals surface area contributed by atoms with Crippen molar-refractivity contribution >= 4 is 15.2 Å². The predicted molar refractivity (Wildman–Crippen MR) is 110 cm³/mol. The summed E-state index contributed by atoms with van der Waals surface area (Å²) in [5, 5.41) is 6.72. The van der Waals surface area contributed by atoms with Crippen molar-refractivity contribution in [2.75, 3.05) is 0 Å². The average Bonchev–Trinajstić information content (AvgIpc) is 2.67. The third-order valence-electron chi connectivity index (χ3n) is 4.62. The summed E-state index contributed by atoms with van der Waals surface area (Å²) in [4.78, 5) is 37.5. The molecule has 11 heteroatoms. The van der Waals surface area contributed by atoms with Crippen molar-refractivity contribution in [2.45, 2.75) is 11.5 Å². The maximum absolute atomic E-state index is 11.7. The first-order chi connectivity index (χ1) is 13.5. The molecule has 0 aliphatic rings. The SMILES string of the molecule is O=P(O)(O)C(O)(Cc1cccc(-c2ccccc2-c2ccccc2)c1)P(=O)(O)O.[Na+].[Na+]. The van der Waals surface area contributed by atoms with Crippen LogP contribution in [0.3, 0.4) is 0 Å². The van der Waals surface area contributed by atoms with Crippen LogP contribution in [0.15, 0.2) is 78.9 Å². The molecule has 3 rings (SSSR count). The summed E-state index contributed by atoms with van der Waals surface area (Å²) in [6, 6.07) is 23.5. The molecule has 0 unspecified atom stereocenters. The van der Waals surface area contributed by atoms with Gasteiger partial charge in [-0.25, -0.2) is 0 Å². The maximum atomic E-state index is 11.7. The minimum atomic E-state index is -5.53. The minimum absolute atomic E-state index is 0. The normalized spacial score (nSPS) is 11.9. The minimum Gasteiger partial charge on any atom is -0.367 e. The van der Waals surface area contributed by atoms with Crippen molar-refractivity contribution in [3.8, 4) is 22.3 Å². The predicted octanol–water partition coefficient (Wildman–Crippen LogP) is -2.43. The van der Waals surface area contributed by atoms with Crippen molar-refractivity contribution in [1.29, 1.82) is 0 Å². The van der Waals surface area contributed by atoms with Gasteiger partial charge in [-0.15, -0.1) is 0 Å². The number of hydrogen-bond acceptors (Lipinski definition) is 3. The van der Waals surface area contributed by atoms with E-state index in [0.717, 1.165) is 16.7 Å². The molecule has 0 aliphatic carbocycles. The van der Waals surface area contributed by atoms with Crippen LogP contribution in [0.2, 0.25) is 0 Å². The molecule has 0 aliphatic heterocycles. The molecule has 0 saturated heterocycles. The van der Waals surface area contributed by atoms with Crippen LogP contribution < -0.4 is 59.1 Å². The smallest absolute Gasteiger partial charge is 0.367 e. The summed E-state index contributed by atoms with van der Waals surface area (Å²) in [6.45, 7) is 0. The standard InChI is InChI=1S/C20H20O7P2.2Na/c21-20(28(22,23)24,29(25,26)27)14-15-7-6-10-17(13-15)19-12-5-4-11-18(19)16-8-2-1-3-9-16;;/h1-13,21H,14H2,(H2,22,23,24)(H2,25,26,27);;/q;2*+1. The Morgan fingerprint density at radius 2 is 1.10 bits per heavy atom. The van der Waals surface area contributed by atoms with Gasteiger partial charge in [0.15, 0.2) is 0 Å². The van der Waals surface area contributed by atoms with Gasteiger partial charge in [-0.05, 0) is 27.8 Å². The van der Waals surface area contributed by atoms with Crippen molar-refractivity contribution in [3.63, 3.8) is 0 Å². The Kier molecular flexibility index (Phi) is 10.6. The van der Waals surface area contributed by atoms with E-state index < -0.39 is 26.7 Å². The van der Waals surface area contributed by atoms with Gasteiger partial charge in [-0.3, -0.25) is 9.13 Å². The van der Waals surface area contributed by atoms with E-state index >= 15 is 0 Å². The fourth-order valence-electron chi connectivity index (χ4n) is 3.10. The number of rotatable bonds is 6. The summed E-state index contributed by atoms with van der Waals surface area (Å²) in [5.74, 6) is 0. The number of aliphatic hydroxyl groups is 1. The molecule has 3 aromatic carbocycles.